The maximum Gasteiger partial charge on any atom is 0.234 e. The molecule has 0 radical (unpaired) electrons. The molecule has 0 aliphatic rings. The van der Waals surface area contributed by atoms with Crippen molar-refractivity contribution in [3.8, 4) is 0 Å². The first-order valence-electron chi connectivity index (χ1n) is 8.56. The highest BCUT2D eigenvalue weighted by molar-refractivity contribution is 7.99. The SMILES string of the molecule is Cc1ccc(Nc2nc(N)nc(CSCC(=O)Nc3c(F)cccc3F)n2)cc1. The lowest BCUT2D eigenvalue weighted by atomic mass is 10.2. The summed E-state index contributed by atoms with van der Waals surface area (Å²) in [6.45, 7) is 1.98. The van der Waals surface area contributed by atoms with Gasteiger partial charge in [-0.3, -0.25) is 4.79 Å². The largest absolute Gasteiger partial charge is 0.368 e. The second-order valence-electron chi connectivity index (χ2n) is 6.06. The van der Waals surface area contributed by atoms with Gasteiger partial charge in [-0.2, -0.15) is 15.0 Å². The summed E-state index contributed by atoms with van der Waals surface area (Å²) in [6.07, 6.45) is 0. The normalized spacial score (nSPS) is 10.6. The van der Waals surface area contributed by atoms with Crippen LogP contribution in [0.3, 0.4) is 0 Å². The number of carbonyl (C=O) groups is 1. The van der Waals surface area contributed by atoms with Gasteiger partial charge in [-0.1, -0.05) is 23.8 Å². The third-order valence-corrected chi connectivity index (χ3v) is 4.63. The number of thioether (sulfide) groups is 1. The molecule has 0 aliphatic heterocycles. The molecule has 0 unspecified atom stereocenters. The number of hydrogen-bond acceptors (Lipinski definition) is 7. The van der Waals surface area contributed by atoms with E-state index in [1.807, 2.05) is 31.2 Å². The lowest BCUT2D eigenvalue weighted by molar-refractivity contribution is -0.113. The smallest absolute Gasteiger partial charge is 0.234 e. The number of para-hydroxylation sites is 1. The van der Waals surface area contributed by atoms with Crippen molar-refractivity contribution in [1.82, 2.24) is 15.0 Å². The highest BCUT2D eigenvalue weighted by Crippen LogP contribution is 2.19. The highest BCUT2D eigenvalue weighted by Gasteiger charge is 2.12. The van der Waals surface area contributed by atoms with Gasteiger partial charge in [-0.15, -0.1) is 11.8 Å². The van der Waals surface area contributed by atoms with Crippen LogP contribution in [0.2, 0.25) is 0 Å². The van der Waals surface area contributed by atoms with E-state index < -0.39 is 23.2 Å². The average Bonchev–Trinajstić information content (AvgIpc) is 2.66. The summed E-state index contributed by atoms with van der Waals surface area (Å²) in [6, 6.07) is 11.0. The summed E-state index contributed by atoms with van der Waals surface area (Å²) in [5.41, 5.74) is 7.18. The number of nitrogen functional groups attached to an aromatic ring is 1. The van der Waals surface area contributed by atoms with Crippen LogP contribution < -0.4 is 16.4 Å². The van der Waals surface area contributed by atoms with E-state index >= 15 is 0 Å². The van der Waals surface area contributed by atoms with Gasteiger partial charge in [0.1, 0.15) is 23.1 Å². The molecule has 150 valence electrons. The quantitative estimate of drug-likeness (QED) is 0.540. The zero-order valence-electron chi connectivity index (χ0n) is 15.4. The van der Waals surface area contributed by atoms with Crippen LogP contribution in [0.5, 0.6) is 0 Å². The molecule has 1 heterocycles. The van der Waals surface area contributed by atoms with E-state index in [-0.39, 0.29) is 23.4 Å². The van der Waals surface area contributed by atoms with Gasteiger partial charge < -0.3 is 16.4 Å². The van der Waals surface area contributed by atoms with Crippen LogP contribution in [0.15, 0.2) is 42.5 Å². The number of aromatic nitrogens is 3. The predicted octanol–water partition coefficient (Wildman–Crippen LogP) is 3.66. The summed E-state index contributed by atoms with van der Waals surface area (Å²) < 4.78 is 27.2. The van der Waals surface area contributed by atoms with E-state index in [1.165, 1.54) is 17.8 Å². The molecule has 0 fully saturated rings. The lowest BCUT2D eigenvalue weighted by Crippen LogP contribution is -2.16. The number of nitrogens with one attached hydrogen (secondary N) is 2. The molecular formula is C19H18F2N6OS. The van der Waals surface area contributed by atoms with Crippen LogP contribution in [0, 0.1) is 18.6 Å². The molecule has 29 heavy (non-hydrogen) atoms. The molecular weight excluding hydrogens is 398 g/mol. The third-order valence-electron chi connectivity index (χ3n) is 3.70. The van der Waals surface area contributed by atoms with E-state index in [4.69, 9.17) is 5.73 Å². The van der Waals surface area contributed by atoms with Gasteiger partial charge in [0.05, 0.1) is 11.5 Å². The molecule has 1 amide bonds. The molecule has 0 saturated heterocycles. The van der Waals surface area contributed by atoms with Crippen LogP contribution in [-0.2, 0) is 10.5 Å². The summed E-state index contributed by atoms with van der Waals surface area (Å²) >= 11 is 1.18. The number of amides is 1. The van der Waals surface area contributed by atoms with Gasteiger partial charge >= 0.3 is 0 Å². The monoisotopic (exact) mass is 416 g/mol. The van der Waals surface area contributed by atoms with Crippen molar-refractivity contribution in [3.05, 3.63) is 65.5 Å². The van der Waals surface area contributed by atoms with Crippen LogP contribution in [0.4, 0.5) is 32.1 Å². The van der Waals surface area contributed by atoms with Crippen LogP contribution in [-0.4, -0.2) is 26.6 Å². The summed E-state index contributed by atoms with van der Waals surface area (Å²) in [4.78, 5) is 24.3. The van der Waals surface area contributed by atoms with Crippen molar-refractivity contribution < 1.29 is 13.6 Å². The number of benzene rings is 2. The minimum Gasteiger partial charge on any atom is -0.368 e. The molecule has 3 aromatic rings. The number of hydrogen-bond donors (Lipinski definition) is 3. The Balaban J connectivity index is 1.57. The predicted molar refractivity (Wildman–Crippen MR) is 110 cm³/mol. The van der Waals surface area contributed by atoms with Crippen molar-refractivity contribution in [2.24, 2.45) is 0 Å². The molecule has 0 aliphatic carbocycles. The molecule has 7 nitrogen and oxygen atoms in total. The van der Waals surface area contributed by atoms with Crippen molar-refractivity contribution in [3.63, 3.8) is 0 Å². The first kappa shape index (κ1) is 20.5. The number of nitrogens with zero attached hydrogens (tertiary/aromatic N) is 3. The number of rotatable bonds is 7. The van der Waals surface area contributed by atoms with E-state index in [1.54, 1.807) is 0 Å². The zero-order chi connectivity index (χ0) is 20.8. The number of carbonyl (C=O) groups excluding carboxylic acids is 1. The van der Waals surface area contributed by atoms with Crippen molar-refractivity contribution in [2.75, 3.05) is 22.1 Å². The fourth-order valence-electron chi connectivity index (χ4n) is 2.35. The van der Waals surface area contributed by atoms with Gasteiger partial charge in [0, 0.05) is 5.69 Å². The molecule has 10 heteroatoms. The molecule has 0 saturated carbocycles. The molecule has 3 rings (SSSR count). The van der Waals surface area contributed by atoms with Gasteiger partial charge in [-0.05, 0) is 31.2 Å². The Bertz CT molecular complexity index is 996. The second-order valence-corrected chi connectivity index (χ2v) is 7.05. The second kappa shape index (κ2) is 9.28. The topological polar surface area (TPSA) is 106 Å². The summed E-state index contributed by atoms with van der Waals surface area (Å²) in [5, 5.41) is 5.27. The fourth-order valence-corrected chi connectivity index (χ4v) is 3.02. The Morgan fingerprint density at radius 2 is 1.76 bits per heavy atom. The lowest BCUT2D eigenvalue weighted by Gasteiger charge is -2.08. The Labute approximate surface area is 170 Å². The number of nitrogens with two attached hydrogens (primary N) is 1. The van der Waals surface area contributed by atoms with Crippen LogP contribution in [0.1, 0.15) is 11.4 Å². The van der Waals surface area contributed by atoms with Gasteiger partial charge in [0.2, 0.25) is 17.8 Å². The number of halogens is 2. The van der Waals surface area contributed by atoms with E-state index in [0.29, 0.717) is 5.82 Å². The Morgan fingerprint density at radius 3 is 2.45 bits per heavy atom. The van der Waals surface area contributed by atoms with E-state index in [2.05, 4.69) is 25.6 Å². The standard InChI is InChI=1S/C19H18F2N6OS/c1-11-5-7-12(8-6-11)23-19-25-15(24-18(22)27-19)9-29-10-16(28)26-17-13(20)3-2-4-14(17)21/h2-8H,9-10H2,1H3,(H,26,28)(H3,22,23,24,25,27). The minimum absolute atomic E-state index is 0.0416. The number of anilines is 4. The van der Waals surface area contributed by atoms with Crippen molar-refractivity contribution >= 4 is 40.9 Å². The molecule has 0 bridgehead atoms. The van der Waals surface area contributed by atoms with Crippen molar-refractivity contribution in [1.29, 1.82) is 0 Å². The summed E-state index contributed by atoms with van der Waals surface area (Å²) in [7, 11) is 0. The van der Waals surface area contributed by atoms with Crippen LogP contribution >= 0.6 is 11.8 Å². The number of aryl methyl sites for hydroxylation is 1. The zero-order valence-corrected chi connectivity index (χ0v) is 16.3. The average molecular weight is 416 g/mol. The highest BCUT2D eigenvalue weighted by atomic mass is 32.2. The van der Waals surface area contributed by atoms with Gasteiger partial charge in [0.15, 0.2) is 0 Å². The fraction of sp³-hybridized carbons (Fsp3) is 0.158. The van der Waals surface area contributed by atoms with Gasteiger partial charge in [-0.25, -0.2) is 8.78 Å². The molecule has 0 atom stereocenters. The summed E-state index contributed by atoms with van der Waals surface area (Å²) in [5.74, 6) is -1.28. The molecule has 1 aromatic heterocycles. The third kappa shape index (κ3) is 5.85. The van der Waals surface area contributed by atoms with E-state index in [0.717, 1.165) is 23.4 Å². The Hall–Kier alpha value is -3.27. The Kier molecular flexibility index (Phi) is 6.55. The minimum atomic E-state index is -0.833. The maximum atomic E-state index is 13.6. The maximum absolute atomic E-state index is 13.6. The first-order valence-corrected chi connectivity index (χ1v) is 9.72. The van der Waals surface area contributed by atoms with Crippen molar-refractivity contribution in [2.45, 2.75) is 12.7 Å². The first-order chi connectivity index (χ1) is 13.9. The van der Waals surface area contributed by atoms with Gasteiger partial charge in [0.25, 0.3) is 0 Å². The van der Waals surface area contributed by atoms with Crippen LogP contribution in [0.25, 0.3) is 0 Å². The van der Waals surface area contributed by atoms with E-state index in [9.17, 15) is 13.6 Å². The Morgan fingerprint density at radius 1 is 1.07 bits per heavy atom. The molecule has 2 aromatic carbocycles. The molecule has 4 N–H and O–H groups in total. The molecule has 0 spiro atoms.